The number of rotatable bonds is 8. The van der Waals surface area contributed by atoms with Crippen LogP contribution in [0, 0.1) is 12.8 Å². The summed E-state index contributed by atoms with van der Waals surface area (Å²) in [5.74, 6) is 0.837. The molecule has 2 nitrogen and oxygen atoms in total. The summed E-state index contributed by atoms with van der Waals surface area (Å²) >= 11 is 0. The van der Waals surface area contributed by atoms with Crippen molar-refractivity contribution in [2.45, 2.75) is 51.0 Å². The molecule has 0 saturated carbocycles. The summed E-state index contributed by atoms with van der Waals surface area (Å²) < 4.78 is 0. The lowest BCUT2D eigenvalue weighted by Crippen LogP contribution is -2.44. The molecule has 1 saturated heterocycles. The predicted molar refractivity (Wildman–Crippen MR) is 134 cm³/mol. The van der Waals surface area contributed by atoms with E-state index in [9.17, 15) is 5.11 Å². The first-order valence-electron chi connectivity index (χ1n) is 12.2. The van der Waals surface area contributed by atoms with Crippen LogP contribution in [0.3, 0.4) is 0 Å². The van der Waals surface area contributed by atoms with Gasteiger partial charge in [0.05, 0.1) is 0 Å². The van der Waals surface area contributed by atoms with E-state index in [1.165, 1.54) is 24.0 Å². The molecule has 2 heteroatoms. The van der Waals surface area contributed by atoms with Crippen molar-refractivity contribution in [3.63, 3.8) is 0 Å². The molecule has 1 N–H and O–H groups in total. The highest BCUT2D eigenvalue weighted by Gasteiger charge is 2.41. The Morgan fingerprint density at radius 3 is 1.91 bits per heavy atom. The van der Waals surface area contributed by atoms with E-state index in [1.54, 1.807) is 0 Å². The number of aryl methyl sites for hydroxylation is 1. The van der Waals surface area contributed by atoms with Gasteiger partial charge in [-0.2, -0.15) is 0 Å². The van der Waals surface area contributed by atoms with Crippen molar-refractivity contribution in [1.82, 2.24) is 4.90 Å². The van der Waals surface area contributed by atoms with Crippen molar-refractivity contribution in [1.29, 1.82) is 0 Å². The Kier molecular flexibility index (Phi) is 7.44. The van der Waals surface area contributed by atoms with Gasteiger partial charge < -0.3 is 10.0 Å². The summed E-state index contributed by atoms with van der Waals surface area (Å²) in [5.41, 5.74) is 3.88. The van der Waals surface area contributed by atoms with Crippen LogP contribution in [0.4, 0.5) is 0 Å². The van der Waals surface area contributed by atoms with Crippen LogP contribution in [0.15, 0.2) is 84.9 Å². The topological polar surface area (TPSA) is 23.5 Å². The molecule has 1 aliphatic rings. The lowest BCUT2D eigenvalue weighted by atomic mass is 9.72. The van der Waals surface area contributed by atoms with Crippen LogP contribution in [-0.4, -0.2) is 29.6 Å². The van der Waals surface area contributed by atoms with E-state index in [1.807, 2.05) is 36.4 Å². The maximum absolute atomic E-state index is 12.0. The molecule has 0 spiro atoms. The first-order valence-corrected chi connectivity index (χ1v) is 12.2. The average molecular weight is 428 g/mol. The van der Waals surface area contributed by atoms with Crippen molar-refractivity contribution in [3.8, 4) is 0 Å². The second-order valence-corrected chi connectivity index (χ2v) is 9.57. The zero-order valence-corrected chi connectivity index (χ0v) is 19.6. The van der Waals surface area contributed by atoms with Gasteiger partial charge in [0, 0.05) is 0 Å². The fraction of sp³-hybridized carbons (Fsp3) is 0.400. The van der Waals surface area contributed by atoms with Crippen molar-refractivity contribution >= 4 is 0 Å². The average Bonchev–Trinajstić information content (AvgIpc) is 2.85. The lowest BCUT2D eigenvalue weighted by molar-refractivity contribution is -0.0143. The number of hydrogen-bond donors (Lipinski definition) is 1. The SMILES string of the molecule is Cc1ccc(C(C)CCCN2CCC(C(O)(c3ccccc3)c3ccccc3)CC2)cc1. The quantitative estimate of drug-likeness (QED) is 0.442. The molecular formula is C30H37NO. The van der Waals surface area contributed by atoms with Crippen LogP contribution in [0.2, 0.25) is 0 Å². The summed E-state index contributed by atoms with van der Waals surface area (Å²) in [4.78, 5) is 2.59. The van der Waals surface area contributed by atoms with Gasteiger partial charge in [0.2, 0.25) is 0 Å². The maximum atomic E-state index is 12.0. The van der Waals surface area contributed by atoms with Gasteiger partial charge in [-0.25, -0.2) is 0 Å². The predicted octanol–water partition coefficient (Wildman–Crippen LogP) is 6.53. The molecule has 4 rings (SSSR count). The Morgan fingerprint density at radius 2 is 1.38 bits per heavy atom. The smallest absolute Gasteiger partial charge is 0.117 e. The Morgan fingerprint density at radius 1 is 0.844 bits per heavy atom. The number of aliphatic hydroxyl groups is 1. The second-order valence-electron chi connectivity index (χ2n) is 9.57. The molecule has 0 radical (unpaired) electrons. The Balaban J connectivity index is 1.35. The normalized spacial score (nSPS) is 16.7. The monoisotopic (exact) mass is 427 g/mol. The largest absolute Gasteiger partial charge is 0.380 e. The van der Waals surface area contributed by atoms with Gasteiger partial charge in [-0.15, -0.1) is 0 Å². The minimum atomic E-state index is -0.922. The van der Waals surface area contributed by atoms with Gasteiger partial charge in [-0.3, -0.25) is 0 Å². The van der Waals surface area contributed by atoms with E-state index >= 15 is 0 Å². The number of nitrogens with zero attached hydrogens (tertiary/aromatic N) is 1. The van der Waals surface area contributed by atoms with Crippen molar-refractivity contribution in [3.05, 3.63) is 107 Å². The number of hydrogen-bond acceptors (Lipinski definition) is 2. The fourth-order valence-electron chi connectivity index (χ4n) is 5.28. The third-order valence-corrected chi connectivity index (χ3v) is 7.36. The Bertz CT molecular complexity index is 904. The molecule has 1 aliphatic heterocycles. The summed E-state index contributed by atoms with van der Waals surface area (Å²) in [5, 5.41) is 12.0. The van der Waals surface area contributed by atoms with Crippen molar-refractivity contribution in [2.75, 3.05) is 19.6 Å². The highest BCUT2D eigenvalue weighted by molar-refractivity contribution is 5.37. The number of likely N-dealkylation sites (tertiary alicyclic amines) is 1. The molecule has 1 atom stereocenters. The van der Waals surface area contributed by atoms with E-state index in [-0.39, 0.29) is 5.92 Å². The fourth-order valence-corrected chi connectivity index (χ4v) is 5.28. The molecule has 1 unspecified atom stereocenters. The molecule has 1 heterocycles. The van der Waals surface area contributed by atoms with Crippen LogP contribution in [0.1, 0.15) is 60.8 Å². The zero-order chi connectivity index (χ0) is 22.4. The molecule has 168 valence electrons. The van der Waals surface area contributed by atoms with E-state index in [4.69, 9.17) is 0 Å². The minimum Gasteiger partial charge on any atom is -0.380 e. The molecule has 3 aromatic carbocycles. The zero-order valence-electron chi connectivity index (χ0n) is 19.6. The third-order valence-electron chi connectivity index (χ3n) is 7.36. The number of piperidine rings is 1. The van der Waals surface area contributed by atoms with Crippen LogP contribution in [-0.2, 0) is 5.60 Å². The highest BCUT2D eigenvalue weighted by atomic mass is 16.3. The Labute approximate surface area is 193 Å². The van der Waals surface area contributed by atoms with Crippen LogP contribution in [0.25, 0.3) is 0 Å². The van der Waals surface area contributed by atoms with E-state index in [0.717, 1.165) is 43.6 Å². The molecule has 1 fully saturated rings. The first kappa shape index (κ1) is 22.8. The van der Waals surface area contributed by atoms with Crippen molar-refractivity contribution in [2.24, 2.45) is 5.92 Å². The molecular weight excluding hydrogens is 390 g/mol. The standard InChI is InChI=1S/C30H37NO/c1-24-15-17-26(18-16-24)25(2)10-9-21-31-22-19-29(20-23-31)30(32,27-11-5-3-6-12-27)28-13-7-4-8-14-28/h3-8,11-18,25,29,32H,9-10,19-23H2,1-2H3. The van der Waals surface area contributed by atoms with Crippen LogP contribution in [0.5, 0.6) is 0 Å². The maximum Gasteiger partial charge on any atom is 0.117 e. The van der Waals surface area contributed by atoms with Crippen LogP contribution >= 0.6 is 0 Å². The minimum absolute atomic E-state index is 0.232. The molecule has 0 bridgehead atoms. The van der Waals surface area contributed by atoms with Gasteiger partial charge in [-0.05, 0) is 80.8 Å². The third kappa shape index (κ3) is 5.14. The second kappa shape index (κ2) is 10.5. The van der Waals surface area contributed by atoms with Gasteiger partial charge in [0.15, 0.2) is 0 Å². The molecule has 0 aromatic heterocycles. The van der Waals surface area contributed by atoms with Crippen LogP contribution < -0.4 is 0 Å². The van der Waals surface area contributed by atoms with E-state index in [0.29, 0.717) is 5.92 Å². The molecule has 3 aromatic rings. The van der Waals surface area contributed by atoms with Gasteiger partial charge in [-0.1, -0.05) is 97.4 Å². The Hall–Kier alpha value is -2.42. The molecule has 0 aliphatic carbocycles. The first-order chi connectivity index (χ1) is 15.6. The van der Waals surface area contributed by atoms with Gasteiger partial charge >= 0.3 is 0 Å². The van der Waals surface area contributed by atoms with E-state index < -0.39 is 5.60 Å². The molecule has 0 amide bonds. The number of benzene rings is 3. The van der Waals surface area contributed by atoms with Crippen molar-refractivity contribution < 1.29 is 5.11 Å². The summed E-state index contributed by atoms with van der Waals surface area (Å²) in [6.45, 7) is 7.76. The molecule has 32 heavy (non-hydrogen) atoms. The van der Waals surface area contributed by atoms with Gasteiger partial charge in [0.25, 0.3) is 0 Å². The van der Waals surface area contributed by atoms with E-state index in [2.05, 4.69) is 67.3 Å². The summed E-state index contributed by atoms with van der Waals surface area (Å²) in [7, 11) is 0. The van der Waals surface area contributed by atoms with Gasteiger partial charge in [0.1, 0.15) is 5.60 Å². The summed E-state index contributed by atoms with van der Waals surface area (Å²) in [6.07, 6.45) is 4.49. The lowest BCUT2D eigenvalue weighted by Gasteiger charge is -2.42. The summed E-state index contributed by atoms with van der Waals surface area (Å²) in [6, 6.07) is 29.5. The highest BCUT2D eigenvalue weighted by Crippen LogP contribution is 2.41.